The number of fused-ring (bicyclic) bond motifs is 3. The second kappa shape index (κ2) is 10.9. The van der Waals surface area contributed by atoms with Gasteiger partial charge in [-0.2, -0.15) is 0 Å². The Morgan fingerprint density at radius 1 is 0.422 bits per heavy atom. The van der Waals surface area contributed by atoms with Crippen molar-refractivity contribution in [3.8, 4) is 33.4 Å². The van der Waals surface area contributed by atoms with Crippen LogP contribution >= 0.6 is 0 Å². The number of benzene rings is 7. The SMILES string of the molecule is CC1=CCNC(c2ccc(-c3c4ccccc4c(-c4ccc(-c5c(C)cccc5C)c5ccccc45)c4ccccc34)cc2)=C1. The molecule has 1 nitrogen and oxygen atoms in total. The van der Waals surface area contributed by atoms with Crippen molar-refractivity contribution in [3.05, 3.63) is 162 Å². The average molecular weight is 578 g/mol. The molecule has 7 aromatic carbocycles. The average Bonchev–Trinajstić information content (AvgIpc) is 3.07. The Bertz CT molecular complexity index is 2260. The highest BCUT2D eigenvalue weighted by molar-refractivity contribution is 6.24. The van der Waals surface area contributed by atoms with Gasteiger partial charge in [0.1, 0.15) is 0 Å². The third kappa shape index (κ3) is 4.55. The van der Waals surface area contributed by atoms with E-state index in [1.807, 2.05) is 0 Å². The van der Waals surface area contributed by atoms with Gasteiger partial charge in [-0.05, 0) is 109 Å². The summed E-state index contributed by atoms with van der Waals surface area (Å²) < 4.78 is 0. The van der Waals surface area contributed by atoms with Crippen LogP contribution in [0.5, 0.6) is 0 Å². The monoisotopic (exact) mass is 577 g/mol. The van der Waals surface area contributed by atoms with E-state index in [1.54, 1.807) is 0 Å². The minimum absolute atomic E-state index is 0.871. The van der Waals surface area contributed by atoms with Crippen molar-refractivity contribution >= 4 is 38.0 Å². The number of rotatable bonds is 4. The maximum absolute atomic E-state index is 3.53. The van der Waals surface area contributed by atoms with Crippen molar-refractivity contribution in [1.82, 2.24) is 5.32 Å². The van der Waals surface area contributed by atoms with E-state index in [2.05, 4.69) is 166 Å². The van der Waals surface area contributed by atoms with Crippen LogP contribution in [0.2, 0.25) is 0 Å². The number of dihydropyridines is 1. The van der Waals surface area contributed by atoms with Crippen LogP contribution in [0.15, 0.2) is 145 Å². The lowest BCUT2D eigenvalue weighted by Gasteiger charge is -2.20. The Morgan fingerprint density at radius 3 is 1.42 bits per heavy atom. The van der Waals surface area contributed by atoms with Crippen LogP contribution in [0.1, 0.15) is 23.6 Å². The zero-order valence-corrected chi connectivity index (χ0v) is 26.0. The molecule has 1 aliphatic heterocycles. The molecule has 45 heavy (non-hydrogen) atoms. The number of aryl methyl sites for hydroxylation is 2. The lowest BCUT2D eigenvalue weighted by atomic mass is 9.83. The van der Waals surface area contributed by atoms with Crippen LogP contribution in [0.3, 0.4) is 0 Å². The quantitative estimate of drug-likeness (QED) is 0.205. The van der Waals surface area contributed by atoms with Crippen LogP contribution in [0, 0.1) is 13.8 Å². The van der Waals surface area contributed by atoms with Crippen LogP contribution in [-0.4, -0.2) is 6.54 Å². The van der Waals surface area contributed by atoms with Crippen LogP contribution in [0.4, 0.5) is 0 Å². The molecule has 8 rings (SSSR count). The Morgan fingerprint density at radius 2 is 0.889 bits per heavy atom. The maximum Gasteiger partial charge on any atom is 0.0418 e. The van der Waals surface area contributed by atoms with Gasteiger partial charge in [-0.1, -0.05) is 139 Å². The number of allylic oxidation sites excluding steroid dienone is 2. The summed E-state index contributed by atoms with van der Waals surface area (Å²) in [5, 5.41) is 11.2. The van der Waals surface area contributed by atoms with E-state index in [0.29, 0.717) is 0 Å². The molecule has 0 spiro atoms. The van der Waals surface area contributed by atoms with E-state index in [1.165, 1.54) is 93.7 Å². The standard InChI is InChI=1S/C44H35N/c1-28-25-26-45-41(27-28)31-19-21-32(22-20-31)43-35-15-6-8-17-37(35)44(38-18-9-7-16-36(38)43)40-24-23-39(33-13-4-5-14-34(33)40)42-29(2)11-10-12-30(42)3/h4-25,27,45H,26H2,1-3H3. The molecule has 0 saturated carbocycles. The van der Waals surface area contributed by atoms with Gasteiger partial charge in [0, 0.05) is 12.2 Å². The Balaban J connectivity index is 1.38. The summed E-state index contributed by atoms with van der Waals surface area (Å²) in [5.74, 6) is 0. The molecule has 0 saturated heterocycles. The van der Waals surface area contributed by atoms with Gasteiger partial charge in [-0.15, -0.1) is 0 Å². The molecule has 1 aliphatic rings. The van der Waals surface area contributed by atoms with Crippen molar-refractivity contribution in [2.75, 3.05) is 6.54 Å². The van der Waals surface area contributed by atoms with Gasteiger partial charge in [0.2, 0.25) is 0 Å². The fraction of sp³-hybridized carbons (Fsp3) is 0.0909. The first-order valence-corrected chi connectivity index (χ1v) is 15.8. The Kier molecular flexibility index (Phi) is 6.61. The van der Waals surface area contributed by atoms with E-state index in [9.17, 15) is 0 Å². The van der Waals surface area contributed by atoms with Crippen molar-refractivity contribution in [1.29, 1.82) is 0 Å². The highest BCUT2D eigenvalue weighted by atomic mass is 14.9. The minimum atomic E-state index is 0.871. The Labute approximate surface area is 265 Å². The summed E-state index contributed by atoms with van der Waals surface area (Å²) in [5.41, 5.74) is 14.0. The van der Waals surface area contributed by atoms with Crippen LogP contribution < -0.4 is 5.32 Å². The highest BCUT2D eigenvalue weighted by Crippen LogP contribution is 2.46. The molecule has 216 valence electrons. The van der Waals surface area contributed by atoms with E-state index in [4.69, 9.17) is 0 Å². The molecule has 0 unspecified atom stereocenters. The largest absolute Gasteiger partial charge is 0.381 e. The van der Waals surface area contributed by atoms with E-state index >= 15 is 0 Å². The molecule has 0 atom stereocenters. The van der Waals surface area contributed by atoms with Gasteiger partial charge in [0.05, 0.1) is 0 Å². The highest BCUT2D eigenvalue weighted by Gasteiger charge is 2.19. The first-order chi connectivity index (χ1) is 22.1. The van der Waals surface area contributed by atoms with Gasteiger partial charge in [0.25, 0.3) is 0 Å². The smallest absolute Gasteiger partial charge is 0.0418 e. The molecule has 0 aliphatic carbocycles. The number of hydrogen-bond acceptors (Lipinski definition) is 1. The van der Waals surface area contributed by atoms with Gasteiger partial charge in [-0.25, -0.2) is 0 Å². The predicted octanol–water partition coefficient (Wildman–Crippen LogP) is 11.7. The minimum Gasteiger partial charge on any atom is -0.381 e. The number of nitrogens with one attached hydrogen (secondary N) is 1. The predicted molar refractivity (Wildman–Crippen MR) is 194 cm³/mol. The van der Waals surface area contributed by atoms with Crippen molar-refractivity contribution in [2.45, 2.75) is 20.8 Å². The van der Waals surface area contributed by atoms with E-state index in [-0.39, 0.29) is 0 Å². The summed E-state index contributed by atoms with van der Waals surface area (Å²) in [6.45, 7) is 7.47. The van der Waals surface area contributed by atoms with Gasteiger partial charge in [-0.3, -0.25) is 0 Å². The van der Waals surface area contributed by atoms with Crippen molar-refractivity contribution in [2.24, 2.45) is 0 Å². The molecule has 0 fully saturated rings. The third-order valence-corrected chi connectivity index (χ3v) is 9.45. The first kappa shape index (κ1) is 27.2. The molecule has 0 aromatic heterocycles. The first-order valence-electron chi connectivity index (χ1n) is 15.8. The fourth-order valence-corrected chi connectivity index (χ4v) is 7.37. The van der Waals surface area contributed by atoms with E-state index < -0.39 is 0 Å². The van der Waals surface area contributed by atoms with Crippen molar-refractivity contribution < 1.29 is 0 Å². The summed E-state index contributed by atoms with van der Waals surface area (Å²) in [4.78, 5) is 0. The fourth-order valence-electron chi connectivity index (χ4n) is 7.37. The van der Waals surface area contributed by atoms with Crippen LogP contribution in [0.25, 0.3) is 71.4 Å². The zero-order valence-electron chi connectivity index (χ0n) is 26.0. The molecule has 7 aromatic rings. The summed E-state index contributed by atoms with van der Waals surface area (Å²) in [7, 11) is 0. The topological polar surface area (TPSA) is 12.0 Å². The molecular formula is C44H35N. The molecule has 1 heterocycles. The molecule has 0 radical (unpaired) electrons. The second-order valence-electron chi connectivity index (χ2n) is 12.3. The molecular weight excluding hydrogens is 542 g/mol. The summed E-state index contributed by atoms with van der Waals surface area (Å²) >= 11 is 0. The summed E-state index contributed by atoms with van der Waals surface area (Å²) in [6.07, 6.45) is 4.45. The zero-order chi connectivity index (χ0) is 30.5. The number of hydrogen-bond donors (Lipinski definition) is 1. The normalized spacial score (nSPS) is 13.1. The molecule has 1 N–H and O–H groups in total. The maximum atomic E-state index is 3.53. The van der Waals surface area contributed by atoms with Crippen LogP contribution in [-0.2, 0) is 0 Å². The molecule has 0 amide bonds. The van der Waals surface area contributed by atoms with Gasteiger partial charge in [0.15, 0.2) is 0 Å². The summed E-state index contributed by atoms with van der Waals surface area (Å²) in [6, 6.07) is 47.2. The lowest BCUT2D eigenvalue weighted by molar-refractivity contribution is 0.981. The molecule has 0 bridgehead atoms. The second-order valence-corrected chi connectivity index (χ2v) is 12.3. The molecule has 1 heteroatoms. The lowest BCUT2D eigenvalue weighted by Crippen LogP contribution is -2.15. The van der Waals surface area contributed by atoms with Gasteiger partial charge >= 0.3 is 0 Å². The van der Waals surface area contributed by atoms with E-state index in [0.717, 1.165) is 6.54 Å². The van der Waals surface area contributed by atoms with Gasteiger partial charge < -0.3 is 5.32 Å². The van der Waals surface area contributed by atoms with Crippen molar-refractivity contribution in [3.63, 3.8) is 0 Å². The third-order valence-electron chi connectivity index (χ3n) is 9.45. The Hall–Kier alpha value is -5.40.